The number of fused-ring (bicyclic) bond motifs is 5. The standard InChI is InChI=1S/C20H13BrN2O6/c1-10-17(23(26)27)16(29-22-10)9-19-14-8-11(21)6-7-15(14)28-20(19,25)13-5-3-2-4-12(13)18(19)24/h2-8,25H,9H2,1H3/t19-,20+/m1/s1. The van der Waals surface area contributed by atoms with Gasteiger partial charge in [-0.3, -0.25) is 14.9 Å². The van der Waals surface area contributed by atoms with Crippen LogP contribution in [0.3, 0.4) is 0 Å². The van der Waals surface area contributed by atoms with E-state index in [1.165, 1.54) is 6.92 Å². The van der Waals surface area contributed by atoms with Gasteiger partial charge in [0.15, 0.2) is 11.5 Å². The van der Waals surface area contributed by atoms with Crippen LogP contribution < -0.4 is 4.74 Å². The molecule has 1 aliphatic heterocycles. The molecule has 0 spiro atoms. The third-order valence-corrected chi connectivity index (χ3v) is 6.16. The number of halogens is 1. The van der Waals surface area contributed by atoms with Gasteiger partial charge in [0.05, 0.1) is 4.92 Å². The average Bonchev–Trinajstić information content (AvgIpc) is 3.23. The van der Waals surface area contributed by atoms with Gasteiger partial charge in [0, 0.05) is 27.6 Å². The van der Waals surface area contributed by atoms with Crippen molar-refractivity contribution in [2.24, 2.45) is 0 Å². The molecule has 1 aromatic heterocycles. The number of ketones is 1. The maximum absolute atomic E-state index is 13.7. The van der Waals surface area contributed by atoms with Crippen molar-refractivity contribution in [2.45, 2.75) is 24.5 Å². The van der Waals surface area contributed by atoms with Crippen LogP contribution in [0, 0.1) is 17.0 Å². The lowest BCUT2D eigenvalue weighted by molar-refractivity contribution is -0.386. The largest absolute Gasteiger partial charge is 0.456 e. The summed E-state index contributed by atoms with van der Waals surface area (Å²) in [5, 5.41) is 27.0. The highest BCUT2D eigenvalue weighted by atomic mass is 79.9. The lowest BCUT2D eigenvalue weighted by Gasteiger charge is -2.33. The fraction of sp³-hybridized carbons (Fsp3) is 0.200. The summed E-state index contributed by atoms with van der Waals surface area (Å²) >= 11 is 3.39. The summed E-state index contributed by atoms with van der Waals surface area (Å²) in [5.74, 6) is -2.19. The molecule has 5 rings (SSSR count). The SMILES string of the molecule is Cc1noc(C[C@@]23C(=O)c4ccccc4[C@]2(O)Oc2ccc(Br)cc23)c1[N+](=O)[O-]. The van der Waals surface area contributed by atoms with Crippen LogP contribution in [0.15, 0.2) is 51.5 Å². The normalized spacial score (nSPS) is 24.0. The molecule has 3 aromatic rings. The molecule has 0 saturated carbocycles. The first-order valence-electron chi connectivity index (χ1n) is 8.75. The lowest BCUT2D eigenvalue weighted by atomic mass is 9.71. The Bertz CT molecular complexity index is 1220. The Kier molecular flexibility index (Phi) is 3.57. The van der Waals surface area contributed by atoms with Crippen LogP contribution in [0.5, 0.6) is 5.75 Å². The number of aryl methyl sites for hydroxylation is 1. The molecule has 29 heavy (non-hydrogen) atoms. The number of hydrogen-bond acceptors (Lipinski definition) is 7. The summed E-state index contributed by atoms with van der Waals surface area (Å²) < 4.78 is 11.8. The van der Waals surface area contributed by atoms with Gasteiger partial charge in [-0.05, 0) is 25.1 Å². The van der Waals surface area contributed by atoms with Gasteiger partial charge in [0.25, 0.3) is 5.79 Å². The van der Waals surface area contributed by atoms with E-state index >= 15 is 0 Å². The zero-order valence-electron chi connectivity index (χ0n) is 15.0. The van der Waals surface area contributed by atoms with Gasteiger partial charge in [0.1, 0.15) is 11.2 Å². The fourth-order valence-corrected chi connectivity index (χ4v) is 4.78. The van der Waals surface area contributed by atoms with Gasteiger partial charge in [0.2, 0.25) is 5.76 Å². The van der Waals surface area contributed by atoms with E-state index in [1.807, 2.05) is 0 Å². The minimum atomic E-state index is -2.03. The van der Waals surface area contributed by atoms with E-state index < -0.39 is 21.9 Å². The number of aliphatic hydroxyl groups is 1. The molecule has 1 N–H and O–H groups in total. The van der Waals surface area contributed by atoms with Crippen molar-refractivity contribution >= 4 is 27.4 Å². The van der Waals surface area contributed by atoms with Gasteiger partial charge in [-0.25, -0.2) is 0 Å². The third-order valence-electron chi connectivity index (χ3n) is 5.67. The first-order chi connectivity index (χ1) is 13.8. The van der Waals surface area contributed by atoms with Crippen molar-refractivity contribution < 1.29 is 24.1 Å². The number of nitro groups is 1. The smallest absolute Gasteiger partial charge is 0.334 e. The Labute approximate surface area is 172 Å². The number of ether oxygens (including phenoxy) is 1. The number of benzene rings is 2. The summed E-state index contributed by atoms with van der Waals surface area (Å²) in [6, 6.07) is 11.7. The second-order valence-corrected chi connectivity index (χ2v) is 8.06. The van der Waals surface area contributed by atoms with E-state index in [2.05, 4.69) is 21.1 Å². The molecule has 1 aliphatic carbocycles. The molecule has 0 radical (unpaired) electrons. The van der Waals surface area contributed by atoms with E-state index in [9.17, 15) is 20.0 Å². The predicted octanol–water partition coefficient (Wildman–Crippen LogP) is 3.57. The van der Waals surface area contributed by atoms with Gasteiger partial charge < -0.3 is 14.4 Å². The number of carbonyl (C=O) groups is 1. The van der Waals surface area contributed by atoms with Crippen molar-refractivity contribution in [1.29, 1.82) is 0 Å². The van der Waals surface area contributed by atoms with Crippen LogP contribution in [0.4, 0.5) is 5.69 Å². The molecule has 2 aliphatic rings. The molecule has 2 heterocycles. The second kappa shape index (κ2) is 5.74. The highest BCUT2D eigenvalue weighted by Crippen LogP contribution is 2.61. The van der Waals surface area contributed by atoms with Crippen molar-refractivity contribution in [3.63, 3.8) is 0 Å². The van der Waals surface area contributed by atoms with E-state index in [4.69, 9.17) is 9.26 Å². The zero-order chi connectivity index (χ0) is 20.6. The number of aromatic nitrogens is 1. The van der Waals surface area contributed by atoms with E-state index in [0.717, 1.165) is 0 Å². The number of Topliss-reactive ketones (excluding diaryl/α,β-unsaturated/α-hetero) is 1. The van der Waals surface area contributed by atoms with E-state index in [0.29, 0.717) is 26.9 Å². The van der Waals surface area contributed by atoms with E-state index in [1.54, 1.807) is 42.5 Å². The second-order valence-electron chi connectivity index (χ2n) is 7.14. The molecule has 146 valence electrons. The van der Waals surface area contributed by atoms with Gasteiger partial charge in [-0.15, -0.1) is 0 Å². The molecule has 0 bridgehead atoms. The average molecular weight is 457 g/mol. The lowest BCUT2D eigenvalue weighted by Crippen LogP contribution is -2.50. The van der Waals surface area contributed by atoms with E-state index in [-0.39, 0.29) is 23.6 Å². The fourth-order valence-electron chi connectivity index (χ4n) is 4.42. The van der Waals surface area contributed by atoms with Crippen molar-refractivity contribution in [1.82, 2.24) is 5.16 Å². The molecule has 0 amide bonds. The minimum Gasteiger partial charge on any atom is -0.456 e. The molecule has 8 nitrogen and oxygen atoms in total. The van der Waals surface area contributed by atoms with Crippen LogP contribution in [0.25, 0.3) is 0 Å². The van der Waals surface area contributed by atoms with Crippen LogP contribution in [0.1, 0.15) is 32.9 Å². The number of rotatable bonds is 3. The molecule has 2 aromatic carbocycles. The van der Waals surface area contributed by atoms with Crippen molar-refractivity contribution in [3.8, 4) is 5.75 Å². The summed E-state index contributed by atoms with van der Waals surface area (Å²) in [6.45, 7) is 1.45. The molecule has 9 heteroatoms. The molecular weight excluding hydrogens is 444 g/mol. The number of hydrogen-bond donors (Lipinski definition) is 1. The summed E-state index contributed by atoms with van der Waals surface area (Å²) in [4.78, 5) is 24.7. The molecule has 0 saturated heterocycles. The summed E-state index contributed by atoms with van der Waals surface area (Å²) in [6.07, 6.45) is -0.280. The molecule has 0 fully saturated rings. The maximum Gasteiger partial charge on any atom is 0.334 e. The monoisotopic (exact) mass is 456 g/mol. The molecule has 2 atom stereocenters. The quantitative estimate of drug-likeness (QED) is 0.472. The highest BCUT2D eigenvalue weighted by molar-refractivity contribution is 9.10. The Balaban J connectivity index is 1.81. The van der Waals surface area contributed by atoms with Crippen LogP contribution in [-0.4, -0.2) is 21.0 Å². The Morgan fingerprint density at radius 3 is 2.76 bits per heavy atom. The van der Waals surface area contributed by atoms with Gasteiger partial charge in [-0.1, -0.05) is 45.4 Å². The Morgan fingerprint density at radius 1 is 1.24 bits per heavy atom. The van der Waals surface area contributed by atoms with Crippen LogP contribution in [-0.2, 0) is 17.6 Å². The minimum absolute atomic E-state index is 0.0940. The van der Waals surface area contributed by atoms with Crippen molar-refractivity contribution in [2.75, 3.05) is 0 Å². The molecular formula is C20H13BrN2O6. The van der Waals surface area contributed by atoms with Crippen molar-refractivity contribution in [3.05, 3.63) is 85.2 Å². The zero-order valence-corrected chi connectivity index (χ0v) is 16.6. The summed E-state index contributed by atoms with van der Waals surface area (Å²) in [7, 11) is 0. The maximum atomic E-state index is 13.7. The third kappa shape index (κ3) is 2.11. The first-order valence-corrected chi connectivity index (χ1v) is 9.54. The van der Waals surface area contributed by atoms with Gasteiger partial charge >= 0.3 is 5.69 Å². The van der Waals surface area contributed by atoms with Crippen LogP contribution >= 0.6 is 15.9 Å². The first kappa shape index (κ1) is 18.0. The molecule has 0 unspecified atom stereocenters. The van der Waals surface area contributed by atoms with Crippen LogP contribution in [0.2, 0.25) is 0 Å². The predicted molar refractivity (Wildman–Crippen MR) is 103 cm³/mol. The Hall–Kier alpha value is -3.04. The Morgan fingerprint density at radius 2 is 2.00 bits per heavy atom. The number of carbonyl (C=O) groups excluding carboxylic acids is 1. The topological polar surface area (TPSA) is 116 Å². The van der Waals surface area contributed by atoms with Gasteiger partial charge in [-0.2, -0.15) is 0 Å². The highest BCUT2D eigenvalue weighted by Gasteiger charge is 2.71. The number of nitrogens with zero attached hydrogens (tertiary/aromatic N) is 2. The summed E-state index contributed by atoms with van der Waals surface area (Å²) in [5.41, 5.74) is -0.808.